The Labute approximate surface area is 237 Å². The summed E-state index contributed by atoms with van der Waals surface area (Å²) in [6.07, 6.45) is 1.34. The Bertz CT molecular complexity index is 1470. The Kier molecular flexibility index (Phi) is 8.44. The summed E-state index contributed by atoms with van der Waals surface area (Å²) < 4.78 is 30.1. The maximum Gasteiger partial charge on any atom is -0.0196 e. The van der Waals surface area contributed by atoms with E-state index in [4.69, 9.17) is 19.5 Å². The zero-order valence-electron chi connectivity index (χ0n) is 21.7. The van der Waals surface area contributed by atoms with Crippen molar-refractivity contribution >= 4 is 32.5 Å². The maximum absolute atomic E-state index is 13.8. The first-order valence-electron chi connectivity index (χ1n) is 12.8. The summed E-state index contributed by atoms with van der Waals surface area (Å²) in [7, 11) is 1.58. The van der Waals surface area contributed by atoms with Crippen molar-refractivity contribution in [1.82, 2.24) is 5.01 Å². The topological polar surface area (TPSA) is 101 Å². The molecule has 0 saturated carbocycles. The smallest absolute Gasteiger partial charge is 0.0196 e. The molecule has 2 heterocycles. The molecule has 0 aromatic heterocycles. The molecule has 2 unspecified atom stereocenters. The third kappa shape index (κ3) is 6.01. The third-order valence-corrected chi connectivity index (χ3v) is 8.10. The van der Waals surface area contributed by atoms with E-state index in [1.165, 1.54) is 17.1 Å². The largest absolute Gasteiger partial charge is 0.0532 e. The molecule has 40 heavy (non-hydrogen) atoms. The first-order valence-corrected chi connectivity index (χ1v) is 14.8. The average Bonchev–Trinajstić information content (AvgIpc) is 3.42. The molecule has 0 saturated heterocycles. The van der Waals surface area contributed by atoms with E-state index in [1.54, 1.807) is 37.4 Å². The van der Waals surface area contributed by atoms with Gasteiger partial charge in [-0.25, -0.2) is 4.39 Å². The van der Waals surface area contributed by atoms with Crippen LogP contribution in [0.1, 0.15) is 35.6 Å². The Balaban J connectivity index is 1.36. The van der Waals surface area contributed by atoms with Gasteiger partial charge in [-0.2, -0.15) is 5.10 Å². The van der Waals surface area contributed by atoms with E-state index in [1.807, 2.05) is 24.3 Å². The monoisotopic (exact) mass is 607 g/mol. The Morgan fingerprint density at radius 1 is 1.12 bits per heavy atom. The number of benzene rings is 3. The summed E-state index contributed by atoms with van der Waals surface area (Å²) in [6.45, 7) is 0.466. The van der Waals surface area contributed by atoms with E-state index in [0.29, 0.717) is 41.6 Å². The van der Waals surface area contributed by atoms with Crippen molar-refractivity contribution in [2.75, 3.05) is 13.7 Å². The number of methoxy groups -OCH3 is 1. The van der Waals surface area contributed by atoms with Crippen LogP contribution in [0.15, 0.2) is 71.8 Å². The first kappa shape index (κ1) is 27.4. The number of ether oxygens (including phenoxy) is 3. The predicted octanol–water partition coefficient (Wildman–Crippen LogP) is 4.66. The van der Waals surface area contributed by atoms with Gasteiger partial charge in [0.15, 0.2) is 0 Å². The van der Waals surface area contributed by atoms with Crippen LogP contribution in [0.4, 0.5) is 4.39 Å². The van der Waals surface area contributed by atoms with Gasteiger partial charge in [0.05, 0.1) is 18.9 Å². The van der Waals surface area contributed by atoms with Crippen LogP contribution in [-0.4, -0.2) is 51.3 Å². The normalized spacial score (nSPS) is 17.9. The zero-order chi connectivity index (χ0) is 28.1. The summed E-state index contributed by atoms with van der Waals surface area (Å²) >= 11 is -0.0398. The fourth-order valence-corrected chi connectivity index (χ4v) is 5.44. The molecular formula is C30H26FN3O5Se. The van der Waals surface area contributed by atoms with Gasteiger partial charge in [0.1, 0.15) is 11.6 Å². The number of nitriles is 1. The van der Waals surface area contributed by atoms with Gasteiger partial charge in [-0.3, -0.25) is 0 Å². The summed E-state index contributed by atoms with van der Waals surface area (Å²) in [5.74, 6) is -0.926. The molecule has 0 spiro atoms. The molecule has 8 nitrogen and oxygen atoms in total. The summed E-state index contributed by atoms with van der Waals surface area (Å²) in [5, 5.41) is 15.5. The minimum Gasteiger partial charge on any atom is -0.0532 e. The molecule has 0 aliphatic carbocycles. The minimum atomic E-state index is -1.07. The molecule has 10 heteroatoms. The van der Waals surface area contributed by atoms with Gasteiger partial charge >= 0.3 is 127 Å². The molecule has 0 radical (unpaired) electrons. The predicted molar refractivity (Wildman–Crippen MR) is 146 cm³/mol. The molecule has 0 fully saturated rings. The number of halogens is 1. The van der Waals surface area contributed by atoms with E-state index in [2.05, 4.69) is 10.1 Å². The van der Waals surface area contributed by atoms with Gasteiger partial charge in [0, 0.05) is 6.42 Å². The molecule has 0 bridgehead atoms. The number of hydrazone groups is 1. The molecule has 2 aliphatic rings. The molecule has 3 aromatic carbocycles. The first-order chi connectivity index (χ1) is 19.5. The van der Waals surface area contributed by atoms with E-state index >= 15 is 0 Å². The molecule has 5 rings (SSSR count). The Morgan fingerprint density at radius 3 is 2.60 bits per heavy atom. The van der Waals surface area contributed by atoms with Crippen molar-refractivity contribution < 1.29 is 28.2 Å². The fourth-order valence-electron chi connectivity index (χ4n) is 4.70. The quantitative estimate of drug-likeness (QED) is 0.116. The number of hydrogen-bond acceptors (Lipinski definition) is 7. The molecule has 204 valence electrons. The molecule has 3 aromatic rings. The SMILES string of the molecule is COc1ccc(C2CC(c3ccc(F)cc3)=NN2C(=O)C2Cc3ccc(OCCC[Se]C#N)cc3OC2=O)cc1. The van der Waals surface area contributed by atoms with Gasteiger partial charge < -0.3 is 4.74 Å². The Morgan fingerprint density at radius 2 is 1.88 bits per heavy atom. The van der Waals surface area contributed by atoms with Crippen molar-refractivity contribution in [2.45, 2.75) is 30.6 Å². The zero-order valence-corrected chi connectivity index (χ0v) is 23.4. The number of carbonyl (C=O) groups excluding carboxylic acids is 2. The summed E-state index contributed by atoms with van der Waals surface area (Å²) in [5.41, 5.74) is 2.88. The molecular weight excluding hydrogens is 580 g/mol. The van der Waals surface area contributed by atoms with Crippen LogP contribution in [0, 0.1) is 22.0 Å². The van der Waals surface area contributed by atoms with E-state index in [0.717, 1.165) is 22.9 Å². The van der Waals surface area contributed by atoms with Gasteiger partial charge in [-0.15, -0.1) is 0 Å². The van der Waals surface area contributed by atoms with Crippen LogP contribution >= 0.6 is 0 Å². The number of rotatable bonds is 9. The van der Waals surface area contributed by atoms with Gasteiger partial charge in [-0.1, -0.05) is 24.3 Å². The van der Waals surface area contributed by atoms with Crippen LogP contribution in [0.25, 0.3) is 0 Å². The number of esters is 1. The van der Waals surface area contributed by atoms with Crippen molar-refractivity contribution in [1.29, 1.82) is 5.26 Å². The van der Waals surface area contributed by atoms with Crippen molar-refractivity contribution in [2.24, 2.45) is 11.0 Å². The summed E-state index contributed by atoms with van der Waals surface area (Å²) in [4.78, 5) is 29.1. The van der Waals surface area contributed by atoms with Crippen LogP contribution in [0.2, 0.25) is 5.32 Å². The third-order valence-electron chi connectivity index (χ3n) is 6.79. The van der Waals surface area contributed by atoms with Crippen LogP contribution in [0.5, 0.6) is 17.2 Å². The van der Waals surface area contributed by atoms with E-state index < -0.39 is 23.8 Å². The van der Waals surface area contributed by atoms with Gasteiger partial charge in [0.2, 0.25) is 0 Å². The number of fused-ring (bicyclic) bond motifs is 1. The fraction of sp³-hybridized carbons (Fsp3) is 0.267. The van der Waals surface area contributed by atoms with Crippen molar-refractivity contribution in [3.63, 3.8) is 0 Å². The molecule has 1 amide bonds. The number of nitrogens with zero attached hydrogens (tertiary/aromatic N) is 3. The maximum atomic E-state index is 13.8. The number of hydrogen-bond donors (Lipinski definition) is 0. The van der Waals surface area contributed by atoms with Gasteiger partial charge in [0.25, 0.3) is 0 Å². The second-order valence-electron chi connectivity index (χ2n) is 9.32. The Hall–Kier alpha value is -4.19. The number of carbonyl (C=O) groups is 2. The standard InChI is InChI=1S/C30H26FN3O5Se/c1-37-23-10-5-20(6-11-23)27-17-26(19-3-8-22(31)9-4-19)33-34(27)29(35)25-15-21-7-12-24(16-28(21)39-30(25)36)38-13-2-14-40-18-32/h3-12,16,25,27H,2,13-15,17H2,1H3. The van der Waals surface area contributed by atoms with Crippen LogP contribution < -0.4 is 14.2 Å². The second kappa shape index (κ2) is 12.3. The number of amides is 1. The van der Waals surface area contributed by atoms with Crippen molar-refractivity contribution in [3.8, 4) is 22.2 Å². The summed E-state index contributed by atoms with van der Waals surface area (Å²) in [6, 6.07) is 18.1. The van der Waals surface area contributed by atoms with Crippen molar-refractivity contribution in [3.05, 3.63) is 89.2 Å². The van der Waals surface area contributed by atoms with Crippen LogP contribution in [-0.2, 0) is 16.0 Å². The molecule has 2 aliphatic heterocycles. The molecule has 0 N–H and O–H groups in total. The van der Waals surface area contributed by atoms with Crippen LogP contribution in [0.3, 0.4) is 0 Å². The minimum absolute atomic E-state index is 0.0398. The van der Waals surface area contributed by atoms with E-state index in [-0.39, 0.29) is 27.2 Å². The van der Waals surface area contributed by atoms with E-state index in [9.17, 15) is 14.0 Å². The average molecular weight is 607 g/mol. The second-order valence-corrected chi connectivity index (χ2v) is 11.2. The van der Waals surface area contributed by atoms with Gasteiger partial charge in [-0.05, 0) is 35.4 Å². The molecule has 2 atom stereocenters.